The van der Waals surface area contributed by atoms with Gasteiger partial charge < -0.3 is 9.47 Å². The number of halogens is 3. The Bertz CT molecular complexity index is 1010. The molecule has 0 aliphatic heterocycles. The standard InChI is InChI=1S/C21H15Cl3O3S/c1-26-18-8-6-13(5-7-17(25)19-9-10-20(24)28-19)11-14(18)12-27-21-15(22)3-2-4-16(21)23/h2-11H,12H2,1H3/b7-5+. The fraction of sp³-hybridized carbons (Fsp3) is 0.0952. The molecule has 3 nitrogen and oxygen atoms in total. The number of benzene rings is 2. The summed E-state index contributed by atoms with van der Waals surface area (Å²) in [6.07, 6.45) is 3.25. The number of allylic oxidation sites excluding steroid dienone is 1. The molecule has 0 atom stereocenters. The summed E-state index contributed by atoms with van der Waals surface area (Å²) in [4.78, 5) is 12.8. The van der Waals surface area contributed by atoms with E-state index in [1.54, 1.807) is 43.5 Å². The van der Waals surface area contributed by atoms with E-state index in [0.29, 0.717) is 30.8 Å². The van der Waals surface area contributed by atoms with Crippen LogP contribution in [-0.2, 0) is 6.61 Å². The monoisotopic (exact) mass is 452 g/mol. The van der Waals surface area contributed by atoms with Gasteiger partial charge in [0, 0.05) is 5.56 Å². The summed E-state index contributed by atoms with van der Waals surface area (Å²) in [6, 6.07) is 14.1. The lowest BCUT2D eigenvalue weighted by Gasteiger charge is -2.13. The van der Waals surface area contributed by atoms with Crippen LogP contribution in [0.3, 0.4) is 0 Å². The fourth-order valence-electron chi connectivity index (χ4n) is 2.49. The second-order valence-corrected chi connectivity index (χ2v) is 8.24. The van der Waals surface area contributed by atoms with E-state index in [4.69, 9.17) is 44.3 Å². The molecule has 3 aromatic rings. The summed E-state index contributed by atoms with van der Waals surface area (Å²) >= 11 is 19.4. The van der Waals surface area contributed by atoms with Crippen LogP contribution in [0.5, 0.6) is 11.5 Å². The molecule has 0 fully saturated rings. The van der Waals surface area contributed by atoms with E-state index in [9.17, 15) is 4.79 Å². The first-order valence-corrected chi connectivity index (χ1v) is 10.1. The average Bonchev–Trinajstić information content (AvgIpc) is 3.12. The molecule has 0 saturated carbocycles. The van der Waals surface area contributed by atoms with Crippen molar-refractivity contribution in [2.45, 2.75) is 6.61 Å². The van der Waals surface area contributed by atoms with Crippen molar-refractivity contribution < 1.29 is 14.3 Å². The van der Waals surface area contributed by atoms with Gasteiger partial charge in [0.2, 0.25) is 0 Å². The molecule has 2 aromatic carbocycles. The number of ether oxygens (including phenoxy) is 2. The van der Waals surface area contributed by atoms with Crippen LogP contribution in [0, 0.1) is 0 Å². The molecule has 3 rings (SSSR count). The lowest BCUT2D eigenvalue weighted by atomic mass is 10.1. The third kappa shape index (κ3) is 5.09. The van der Waals surface area contributed by atoms with Crippen molar-refractivity contribution in [2.24, 2.45) is 0 Å². The highest BCUT2D eigenvalue weighted by Crippen LogP contribution is 2.34. The summed E-state index contributed by atoms with van der Waals surface area (Å²) in [6.45, 7) is 0.211. The van der Waals surface area contributed by atoms with Crippen molar-refractivity contribution in [1.29, 1.82) is 0 Å². The van der Waals surface area contributed by atoms with Gasteiger partial charge in [-0.2, -0.15) is 0 Å². The number of ketones is 1. The number of thiophene rings is 1. The molecular weight excluding hydrogens is 439 g/mol. The van der Waals surface area contributed by atoms with Gasteiger partial charge in [-0.1, -0.05) is 53.0 Å². The number of carbonyl (C=O) groups is 1. The Morgan fingerprint density at radius 1 is 1.07 bits per heavy atom. The molecule has 144 valence electrons. The van der Waals surface area contributed by atoms with Gasteiger partial charge in [-0.25, -0.2) is 0 Å². The van der Waals surface area contributed by atoms with Gasteiger partial charge in [0.15, 0.2) is 11.5 Å². The van der Waals surface area contributed by atoms with Crippen LogP contribution in [0.4, 0.5) is 0 Å². The third-order valence-corrected chi connectivity index (χ3v) is 5.68. The Hall–Kier alpha value is -1.98. The van der Waals surface area contributed by atoms with E-state index in [-0.39, 0.29) is 12.4 Å². The predicted octanol–water partition coefficient (Wildman–Crippen LogP) is 7.19. The van der Waals surface area contributed by atoms with Crippen LogP contribution < -0.4 is 9.47 Å². The molecule has 0 unspecified atom stereocenters. The number of hydrogen-bond acceptors (Lipinski definition) is 4. The van der Waals surface area contributed by atoms with Crippen molar-refractivity contribution in [2.75, 3.05) is 7.11 Å². The van der Waals surface area contributed by atoms with Crippen LogP contribution in [0.25, 0.3) is 6.08 Å². The number of carbonyl (C=O) groups excluding carboxylic acids is 1. The first kappa shape index (κ1) is 20.7. The molecule has 0 spiro atoms. The minimum Gasteiger partial charge on any atom is -0.496 e. The minimum absolute atomic E-state index is 0.103. The van der Waals surface area contributed by atoms with E-state index < -0.39 is 0 Å². The van der Waals surface area contributed by atoms with Crippen molar-refractivity contribution in [3.05, 3.63) is 85.0 Å². The van der Waals surface area contributed by atoms with Crippen molar-refractivity contribution in [3.63, 3.8) is 0 Å². The highest BCUT2D eigenvalue weighted by molar-refractivity contribution is 7.18. The molecule has 7 heteroatoms. The Labute approximate surface area is 182 Å². The third-order valence-electron chi connectivity index (χ3n) is 3.84. The fourth-order valence-corrected chi connectivity index (χ4v) is 3.96. The first-order chi connectivity index (χ1) is 13.5. The largest absolute Gasteiger partial charge is 0.496 e. The molecule has 1 aromatic heterocycles. The van der Waals surface area contributed by atoms with Gasteiger partial charge in [-0.15, -0.1) is 11.3 Å². The topological polar surface area (TPSA) is 35.5 Å². The molecule has 0 saturated heterocycles. The van der Waals surface area contributed by atoms with Gasteiger partial charge >= 0.3 is 0 Å². The zero-order valence-corrected chi connectivity index (χ0v) is 17.8. The van der Waals surface area contributed by atoms with Gasteiger partial charge in [0.1, 0.15) is 12.4 Å². The van der Waals surface area contributed by atoms with E-state index in [1.807, 2.05) is 18.2 Å². The molecule has 0 bridgehead atoms. The van der Waals surface area contributed by atoms with Crippen LogP contribution in [0.1, 0.15) is 20.8 Å². The van der Waals surface area contributed by atoms with Crippen LogP contribution in [-0.4, -0.2) is 12.9 Å². The Morgan fingerprint density at radius 3 is 2.46 bits per heavy atom. The molecule has 0 N–H and O–H groups in total. The van der Waals surface area contributed by atoms with Gasteiger partial charge in [0.05, 0.1) is 26.4 Å². The summed E-state index contributed by atoms with van der Waals surface area (Å²) in [7, 11) is 1.58. The lowest BCUT2D eigenvalue weighted by molar-refractivity contribution is 0.105. The summed E-state index contributed by atoms with van der Waals surface area (Å²) in [5.74, 6) is 0.976. The zero-order chi connectivity index (χ0) is 20.1. The average molecular weight is 454 g/mol. The minimum atomic E-state index is -0.103. The Morgan fingerprint density at radius 2 is 1.82 bits per heavy atom. The molecule has 0 aliphatic carbocycles. The van der Waals surface area contributed by atoms with Gasteiger partial charge in [-0.3, -0.25) is 4.79 Å². The maximum Gasteiger partial charge on any atom is 0.195 e. The molecule has 28 heavy (non-hydrogen) atoms. The van der Waals surface area contributed by atoms with Gasteiger partial charge in [0.25, 0.3) is 0 Å². The zero-order valence-electron chi connectivity index (χ0n) is 14.7. The van der Waals surface area contributed by atoms with E-state index >= 15 is 0 Å². The summed E-state index contributed by atoms with van der Waals surface area (Å²) in [5, 5.41) is 0.866. The molecular formula is C21H15Cl3O3S. The maximum absolute atomic E-state index is 12.2. The quantitative estimate of drug-likeness (QED) is 0.280. The summed E-state index contributed by atoms with van der Waals surface area (Å²) < 4.78 is 11.8. The number of para-hydroxylation sites is 1. The Kier molecular flexibility index (Phi) is 7.03. The van der Waals surface area contributed by atoms with Crippen molar-refractivity contribution >= 4 is 58.0 Å². The second kappa shape index (κ2) is 9.48. The number of hydrogen-bond donors (Lipinski definition) is 0. The van der Waals surface area contributed by atoms with E-state index in [0.717, 1.165) is 11.1 Å². The van der Waals surface area contributed by atoms with Gasteiger partial charge in [-0.05, 0) is 48.0 Å². The summed E-state index contributed by atoms with van der Waals surface area (Å²) in [5.41, 5.74) is 1.63. The normalized spacial score (nSPS) is 11.0. The molecule has 0 radical (unpaired) electrons. The molecule has 1 heterocycles. The number of rotatable bonds is 7. The smallest absolute Gasteiger partial charge is 0.195 e. The van der Waals surface area contributed by atoms with Crippen molar-refractivity contribution in [3.8, 4) is 11.5 Å². The number of methoxy groups -OCH3 is 1. The maximum atomic E-state index is 12.2. The van der Waals surface area contributed by atoms with E-state index in [1.165, 1.54) is 17.4 Å². The van der Waals surface area contributed by atoms with Crippen molar-refractivity contribution in [1.82, 2.24) is 0 Å². The SMILES string of the molecule is COc1ccc(/C=C/C(=O)c2ccc(Cl)s2)cc1COc1c(Cl)cccc1Cl. The van der Waals surface area contributed by atoms with Crippen LogP contribution >= 0.6 is 46.1 Å². The highest BCUT2D eigenvalue weighted by Gasteiger charge is 2.10. The second-order valence-electron chi connectivity index (χ2n) is 5.71. The van der Waals surface area contributed by atoms with Crippen LogP contribution in [0.2, 0.25) is 14.4 Å². The first-order valence-electron chi connectivity index (χ1n) is 8.19. The predicted molar refractivity (Wildman–Crippen MR) is 116 cm³/mol. The van der Waals surface area contributed by atoms with E-state index in [2.05, 4.69) is 0 Å². The van der Waals surface area contributed by atoms with Crippen LogP contribution in [0.15, 0.2) is 54.6 Å². The highest BCUT2D eigenvalue weighted by atomic mass is 35.5. The molecule has 0 aliphatic rings. The molecule has 0 amide bonds. The Balaban J connectivity index is 1.78. The lowest BCUT2D eigenvalue weighted by Crippen LogP contribution is -2.00.